The van der Waals surface area contributed by atoms with Gasteiger partial charge in [-0.3, -0.25) is 0 Å². The summed E-state index contributed by atoms with van der Waals surface area (Å²) >= 11 is 0. The fourth-order valence-electron chi connectivity index (χ4n) is 6.41. The fourth-order valence-corrected chi connectivity index (χ4v) is 6.41. The summed E-state index contributed by atoms with van der Waals surface area (Å²) < 4.78 is 50.1. The van der Waals surface area contributed by atoms with E-state index in [0.717, 1.165) is 37.0 Å². The van der Waals surface area contributed by atoms with Crippen molar-refractivity contribution in [3.8, 4) is 5.75 Å². The van der Waals surface area contributed by atoms with Crippen LogP contribution in [0.5, 0.6) is 5.75 Å². The van der Waals surface area contributed by atoms with E-state index in [2.05, 4.69) is 6.92 Å². The van der Waals surface area contributed by atoms with Crippen molar-refractivity contribution in [2.75, 3.05) is 6.61 Å². The van der Waals surface area contributed by atoms with Crippen LogP contribution in [0.3, 0.4) is 0 Å². The predicted octanol–water partition coefficient (Wildman–Crippen LogP) is 9.39. The topological polar surface area (TPSA) is 9.23 Å². The highest BCUT2D eigenvalue weighted by atomic mass is 19.2. The Balaban J connectivity index is 1.35. The Morgan fingerprint density at radius 3 is 2.06 bits per heavy atom. The first-order chi connectivity index (χ1) is 16.5. The number of aryl methyl sites for hydroxylation is 1. The van der Waals surface area contributed by atoms with Gasteiger partial charge in [-0.2, -0.15) is 0 Å². The van der Waals surface area contributed by atoms with Crippen LogP contribution in [-0.4, -0.2) is 6.61 Å². The minimum absolute atomic E-state index is 0.00746. The van der Waals surface area contributed by atoms with Gasteiger partial charge in [0.2, 0.25) is 0 Å². The van der Waals surface area contributed by atoms with Crippen LogP contribution >= 0.6 is 0 Å². The van der Waals surface area contributed by atoms with Gasteiger partial charge in [-0.1, -0.05) is 58.4 Å². The number of halogens is 3. The number of ether oxygens (including phenoxy) is 1. The molecule has 2 saturated carbocycles. The Morgan fingerprint density at radius 2 is 1.44 bits per heavy atom. The Labute approximate surface area is 203 Å². The number of hydrogen-bond acceptors (Lipinski definition) is 1. The first kappa shape index (κ1) is 25.4. The average molecular weight is 475 g/mol. The number of fused-ring (bicyclic) bond motifs is 1. The molecule has 0 bridgehead atoms. The smallest absolute Gasteiger partial charge is 0.175 e. The Bertz CT molecular complexity index is 940. The molecule has 0 heterocycles. The average Bonchev–Trinajstić information content (AvgIpc) is 2.87. The van der Waals surface area contributed by atoms with Crippen molar-refractivity contribution in [3.05, 3.63) is 41.2 Å². The quantitative estimate of drug-likeness (QED) is 0.329. The van der Waals surface area contributed by atoms with E-state index in [1.807, 2.05) is 6.92 Å². The van der Waals surface area contributed by atoms with Crippen molar-refractivity contribution in [2.45, 2.75) is 97.3 Å². The molecule has 0 amide bonds. The minimum Gasteiger partial charge on any atom is -0.490 e. The van der Waals surface area contributed by atoms with Gasteiger partial charge in [0.25, 0.3) is 0 Å². The molecular formula is C30H41F3O. The molecule has 4 rings (SSSR count). The molecule has 2 fully saturated rings. The summed E-state index contributed by atoms with van der Waals surface area (Å²) in [6.07, 6.45) is 15.0. The minimum atomic E-state index is -1.09. The second kappa shape index (κ2) is 11.8. The summed E-state index contributed by atoms with van der Waals surface area (Å²) in [6.45, 7) is 4.70. The van der Waals surface area contributed by atoms with E-state index in [0.29, 0.717) is 29.9 Å². The molecule has 0 spiro atoms. The number of unbranched alkanes of at least 4 members (excludes halogenated alkanes) is 1. The van der Waals surface area contributed by atoms with Gasteiger partial charge in [0.15, 0.2) is 23.2 Å². The molecule has 1 nitrogen and oxygen atoms in total. The Hall–Kier alpha value is -1.71. The van der Waals surface area contributed by atoms with E-state index in [9.17, 15) is 13.2 Å². The fraction of sp³-hybridized carbons (Fsp3) is 0.667. The molecule has 34 heavy (non-hydrogen) atoms. The largest absolute Gasteiger partial charge is 0.490 e. The second-order valence-corrected chi connectivity index (χ2v) is 10.8. The Kier molecular flexibility index (Phi) is 8.82. The van der Waals surface area contributed by atoms with Crippen LogP contribution in [0.15, 0.2) is 18.2 Å². The lowest BCUT2D eigenvalue weighted by atomic mass is 9.68. The van der Waals surface area contributed by atoms with E-state index in [4.69, 9.17) is 4.74 Å². The maximum absolute atomic E-state index is 14.9. The second-order valence-electron chi connectivity index (χ2n) is 10.8. The summed E-state index contributed by atoms with van der Waals surface area (Å²) in [5, 5.41) is 0.106. The molecule has 2 aliphatic carbocycles. The monoisotopic (exact) mass is 474 g/mol. The van der Waals surface area contributed by atoms with E-state index < -0.39 is 17.5 Å². The van der Waals surface area contributed by atoms with E-state index in [1.165, 1.54) is 63.9 Å². The molecule has 0 atom stereocenters. The van der Waals surface area contributed by atoms with Crippen molar-refractivity contribution in [2.24, 2.45) is 23.7 Å². The number of hydrogen-bond donors (Lipinski definition) is 0. The molecule has 0 unspecified atom stereocenters. The zero-order valence-corrected chi connectivity index (χ0v) is 21.0. The highest BCUT2D eigenvalue weighted by molar-refractivity contribution is 5.86. The standard InChI is InChI=1S/C30H41F3O/c1-3-5-18-34-26-17-16-24-19-25(28(31)30(33)27(24)29(26)32)15-10-21-8-13-23(14-9-21)22-11-6-20(4-2)7-12-22/h16-17,19-23H,3-15,18H2,1-2H3. The molecule has 2 aromatic rings. The SMILES string of the molecule is CCCCOc1ccc2cc(CCC3CCC(C4CCC(CC)CC4)CC3)c(F)c(F)c2c1F. The van der Waals surface area contributed by atoms with Gasteiger partial charge in [-0.25, -0.2) is 13.2 Å². The lowest BCUT2D eigenvalue weighted by Gasteiger charge is -2.37. The van der Waals surface area contributed by atoms with Crippen LogP contribution in [0.4, 0.5) is 13.2 Å². The van der Waals surface area contributed by atoms with Crippen LogP contribution in [0.25, 0.3) is 10.8 Å². The lowest BCUT2D eigenvalue weighted by molar-refractivity contribution is 0.142. The maximum Gasteiger partial charge on any atom is 0.175 e. The van der Waals surface area contributed by atoms with Crippen LogP contribution < -0.4 is 4.74 Å². The number of benzene rings is 2. The molecule has 0 radical (unpaired) electrons. The normalized spacial score (nSPS) is 25.6. The summed E-state index contributed by atoms with van der Waals surface area (Å²) in [7, 11) is 0. The summed E-state index contributed by atoms with van der Waals surface area (Å²) in [5.41, 5.74) is 0.365. The van der Waals surface area contributed by atoms with Gasteiger partial charge in [0, 0.05) is 0 Å². The first-order valence-electron chi connectivity index (χ1n) is 13.7. The molecular weight excluding hydrogens is 433 g/mol. The van der Waals surface area contributed by atoms with Crippen molar-refractivity contribution in [1.82, 2.24) is 0 Å². The molecule has 2 aliphatic rings. The van der Waals surface area contributed by atoms with Gasteiger partial charge in [-0.15, -0.1) is 0 Å². The van der Waals surface area contributed by atoms with Gasteiger partial charge in [0.05, 0.1) is 12.0 Å². The Morgan fingerprint density at radius 1 is 0.794 bits per heavy atom. The molecule has 188 valence electrons. The third-order valence-corrected chi connectivity index (χ3v) is 8.77. The molecule has 0 saturated heterocycles. The van der Waals surface area contributed by atoms with Crippen LogP contribution in [-0.2, 0) is 6.42 Å². The van der Waals surface area contributed by atoms with E-state index >= 15 is 0 Å². The predicted molar refractivity (Wildman–Crippen MR) is 134 cm³/mol. The zero-order chi connectivity index (χ0) is 24.1. The molecule has 2 aromatic carbocycles. The van der Waals surface area contributed by atoms with Crippen molar-refractivity contribution in [3.63, 3.8) is 0 Å². The zero-order valence-electron chi connectivity index (χ0n) is 21.0. The summed E-state index contributed by atoms with van der Waals surface area (Å²) in [6, 6.07) is 4.80. The highest BCUT2D eigenvalue weighted by Gasteiger charge is 2.30. The third kappa shape index (κ3) is 5.74. The molecule has 0 N–H and O–H groups in total. The van der Waals surface area contributed by atoms with E-state index in [-0.39, 0.29) is 11.1 Å². The third-order valence-electron chi connectivity index (χ3n) is 8.77. The lowest BCUT2D eigenvalue weighted by Crippen LogP contribution is -2.25. The molecule has 4 heteroatoms. The van der Waals surface area contributed by atoms with Gasteiger partial charge in [-0.05, 0) is 91.7 Å². The summed E-state index contributed by atoms with van der Waals surface area (Å²) in [5.74, 6) is 0.485. The van der Waals surface area contributed by atoms with Crippen LogP contribution in [0.2, 0.25) is 0 Å². The van der Waals surface area contributed by atoms with Gasteiger partial charge >= 0.3 is 0 Å². The van der Waals surface area contributed by atoms with Crippen molar-refractivity contribution >= 4 is 10.8 Å². The van der Waals surface area contributed by atoms with E-state index in [1.54, 1.807) is 12.1 Å². The highest BCUT2D eigenvalue weighted by Crippen LogP contribution is 2.43. The molecule has 0 aliphatic heterocycles. The van der Waals surface area contributed by atoms with Gasteiger partial charge in [0.1, 0.15) is 0 Å². The van der Waals surface area contributed by atoms with Crippen LogP contribution in [0.1, 0.15) is 96.5 Å². The number of rotatable bonds is 9. The maximum atomic E-state index is 14.9. The summed E-state index contributed by atoms with van der Waals surface area (Å²) in [4.78, 5) is 0. The van der Waals surface area contributed by atoms with Crippen molar-refractivity contribution < 1.29 is 17.9 Å². The van der Waals surface area contributed by atoms with Crippen LogP contribution in [0, 0.1) is 41.1 Å². The molecule has 0 aromatic heterocycles. The van der Waals surface area contributed by atoms with Gasteiger partial charge < -0.3 is 4.74 Å². The van der Waals surface area contributed by atoms with Crippen molar-refractivity contribution in [1.29, 1.82) is 0 Å². The first-order valence-corrected chi connectivity index (χ1v) is 13.7.